The van der Waals surface area contributed by atoms with Crippen LogP contribution in [-0.2, 0) is 14.4 Å². The zero-order valence-electron chi connectivity index (χ0n) is 15.4. The van der Waals surface area contributed by atoms with E-state index in [2.05, 4.69) is 6.92 Å². The van der Waals surface area contributed by atoms with E-state index in [9.17, 15) is 19.5 Å². The van der Waals surface area contributed by atoms with Gasteiger partial charge in [0.1, 0.15) is 12.1 Å². The molecule has 0 saturated heterocycles. The SMILES string of the molecule is CCCCCC(O)C=CC(C=O)C(CC=CCCCC(=O)O)C(C)=O. The maximum atomic E-state index is 11.8. The predicted molar refractivity (Wildman–Crippen MR) is 98.3 cm³/mol. The van der Waals surface area contributed by atoms with Crippen LogP contribution in [0, 0.1) is 11.8 Å². The van der Waals surface area contributed by atoms with Gasteiger partial charge in [0.15, 0.2) is 0 Å². The molecule has 0 bridgehead atoms. The Balaban J connectivity index is 4.53. The van der Waals surface area contributed by atoms with E-state index in [1.807, 2.05) is 12.2 Å². The molecule has 5 heteroatoms. The Morgan fingerprint density at radius 3 is 2.36 bits per heavy atom. The lowest BCUT2D eigenvalue weighted by Gasteiger charge is -2.16. The summed E-state index contributed by atoms with van der Waals surface area (Å²) in [6, 6.07) is 0. The summed E-state index contributed by atoms with van der Waals surface area (Å²) in [5.74, 6) is -1.90. The van der Waals surface area contributed by atoms with Gasteiger partial charge in [0.2, 0.25) is 0 Å². The zero-order chi connectivity index (χ0) is 19.1. The van der Waals surface area contributed by atoms with Crippen LogP contribution in [0.2, 0.25) is 0 Å². The summed E-state index contributed by atoms with van der Waals surface area (Å²) in [4.78, 5) is 33.6. The number of aldehydes is 1. The molecule has 3 atom stereocenters. The number of carboxylic acid groups (broad SMARTS) is 1. The number of unbranched alkanes of at least 4 members (excludes halogenated alkanes) is 3. The Kier molecular flexibility index (Phi) is 13.6. The number of aliphatic hydroxyl groups excluding tert-OH is 1. The van der Waals surface area contributed by atoms with Crippen molar-refractivity contribution in [1.82, 2.24) is 0 Å². The monoisotopic (exact) mass is 352 g/mol. The molecule has 142 valence electrons. The molecule has 0 aliphatic heterocycles. The molecule has 0 saturated carbocycles. The zero-order valence-corrected chi connectivity index (χ0v) is 15.4. The molecule has 0 heterocycles. The second kappa shape index (κ2) is 14.6. The summed E-state index contributed by atoms with van der Waals surface area (Å²) in [6.07, 6.45) is 12.6. The first-order valence-electron chi connectivity index (χ1n) is 9.11. The van der Waals surface area contributed by atoms with Gasteiger partial charge in [0, 0.05) is 18.3 Å². The number of hydrogen-bond acceptors (Lipinski definition) is 4. The van der Waals surface area contributed by atoms with Gasteiger partial charge in [-0.15, -0.1) is 0 Å². The molecule has 0 rings (SSSR count). The summed E-state index contributed by atoms with van der Waals surface area (Å²) in [5, 5.41) is 18.5. The maximum Gasteiger partial charge on any atom is 0.303 e. The van der Waals surface area contributed by atoms with Crippen molar-refractivity contribution < 1.29 is 24.6 Å². The fourth-order valence-corrected chi connectivity index (χ4v) is 2.56. The maximum absolute atomic E-state index is 11.8. The second-order valence-electron chi connectivity index (χ2n) is 6.37. The van der Waals surface area contributed by atoms with Gasteiger partial charge >= 0.3 is 5.97 Å². The van der Waals surface area contributed by atoms with Crippen molar-refractivity contribution in [2.45, 2.75) is 71.3 Å². The van der Waals surface area contributed by atoms with Crippen molar-refractivity contribution in [2.75, 3.05) is 0 Å². The molecular formula is C20H32O5. The first-order valence-corrected chi connectivity index (χ1v) is 9.11. The van der Waals surface area contributed by atoms with Crippen LogP contribution in [0.15, 0.2) is 24.3 Å². The molecule has 3 unspecified atom stereocenters. The van der Waals surface area contributed by atoms with Gasteiger partial charge in [-0.2, -0.15) is 0 Å². The summed E-state index contributed by atoms with van der Waals surface area (Å²) >= 11 is 0. The van der Waals surface area contributed by atoms with Crippen molar-refractivity contribution in [3.8, 4) is 0 Å². The van der Waals surface area contributed by atoms with E-state index in [0.717, 1.165) is 25.5 Å². The molecule has 0 amide bonds. The molecule has 0 spiro atoms. The Morgan fingerprint density at radius 1 is 1.08 bits per heavy atom. The number of carboxylic acids is 1. The number of ketones is 1. The van der Waals surface area contributed by atoms with E-state index in [1.54, 1.807) is 12.2 Å². The summed E-state index contributed by atoms with van der Waals surface area (Å²) in [7, 11) is 0. The van der Waals surface area contributed by atoms with E-state index in [0.29, 0.717) is 25.7 Å². The predicted octanol–water partition coefficient (Wildman–Crippen LogP) is 3.71. The molecule has 25 heavy (non-hydrogen) atoms. The topological polar surface area (TPSA) is 91.7 Å². The highest BCUT2D eigenvalue weighted by molar-refractivity contribution is 5.82. The van der Waals surface area contributed by atoms with Crippen LogP contribution < -0.4 is 0 Å². The largest absolute Gasteiger partial charge is 0.481 e. The molecule has 0 aromatic rings. The van der Waals surface area contributed by atoms with Crippen molar-refractivity contribution in [3.05, 3.63) is 24.3 Å². The van der Waals surface area contributed by atoms with Crippen LogP contribution in [0.25, 0.3) is 0 Å². The van der Waals surface area contributed by atoms with Crippen molar-refractivity contribution in [2.24, 2.45) is 11.8 Å². The van der Waals surface area contributed by atoms with E-state index < -0.39 is 23.9 Å². The molecular weight excluding hydrogens is 320 g/mol. The van der Waals surface area contributed by atoms with Gasteiger partial charge in [-0.1, -0.05) is 50.5 Å². The third-order valence-electron chi connectivity index (χ3n) is 4.12. The molecule has 2 N–H and O–H groups in total. The number of carbonyl (C=O) groups is 3. The second-order valence-corrected chi connectivity index (χ2v) is 6.37. The Labute approximate surface area is 150 Å². The first kappa shape index (κ1) is 23.2. The number of carbonyl (C=O) groups excluding carboxylic acids is 2. The minimum Gasteiger partial charge on any atom is -0.481 e. The molecule has 0 aromatic carbocycles. The Hall–Kier alpha value is -1.75. The van der Waals surface area contributed by atoms with Gasteiger partial charge in [-0.3, -0.25) is 9.59 Å². The van der Waals surface area contributed by atoms with Gasteiger partial charge in [-0.25, -0.2) is 0 Å². The average molecular weight is 352 g/mol. The van der Waals surface area contributed by atoms with E-state index >= 15 is 0 Å². The van der Waals surface area contributed by atoms with Crippen molar-refractivity contribution in [3.63, 3.8) is 0 Å². The minimum atomic E-state index is -0.821. The highest BCUT2D eigenvalue weighted by Crippen LogP contribution is 2.19. The molecule has 0 aliphatic rings. The van der Waals surface area contributed by atoms with Crippen molar-refractivity contribution >= 4 is 18.0 Å². The average Bonchev–Trinajstić information content (AvgIpc) is 2.55. The lowest BCUT2D eigenvalue weighted by Crippen LogP contribution is -2.21. The first-order chi connectivity index (χ1) is 11.9. The highest BCUT2D eigenvalue weighted by atomic mass is 16.4. The summed E-state index contributed by atoms with van der Waals surface area (Å²) < 4.78 is 0. The number of hydrogen-bond donors (Lipinski definition) is 2. The molecule has 5 nitrogen and oxygen atoms in total. The summed E-state index contributed by atoms with van der Waals surface area (Å²) in [6.45, 7) is 3.56. The van der Waals surface area contributed by atoms with Gasteiger partial charge in [0.05, 0.1) is 6.10 Å². The van der Waals surface area contributed by atoms with E-state index in [1.165, 1.54) is 6.92 Å². The van der Waals surface area contributed by atoms with Crippen LogP contribution in [-0.4, -0.2) is 34.4 Å². The minimum absolute atomic E-state index is 0.0718. The number of Topliss-reactive ketones (excluding diaryl/α,β-unsaturated/α-hetero) is 1. The van der Waals surface area contributed by atoms with Crippen molar-refractivity contribution in [1.29, 1.82) is 0 Å². The molecule has 0 aliphatic carbocycles. The van der Waals surface area contributed by atoms with Gasteiger partial charge in [-0.05, 0) is 32.6 Å². The third kappa shape index (κ3) is 12.3. The third-order valence-corrected chi connectivity index (χ3v) is 4.12. The number of aliphatic hydroxyl groups is 1. The van der Waals surface area contributed by atoms with Crippen LogP contribution in [0.1, 0.15) is 65.2 Å². The smallest absolute Gasteiger partial charge is 0.303 e. The lowest BCUT2D eigenvalue weighted by molar-refractivity contribution is -0.137. The van der Waals surface area contributed by atoms with Crippen LogP contribution in [0.3, 0.4) is 0 Å². The quantitative estimate of drug-likeness (QED) is 0.266. The fraction of sp³-hybridized carbons (Fsp3) is 0.650. The number of aliphatic carboxylic acids is 1. The van der Waals surface area contributed by atoms with E-state index in [4.69, 9.17) is 5.11 Å². The van der Waals surface area contributed by atoms with Crippen LogP contribution >= 0.6 is 0 Å². The molecule has 0 fully saturated rings. The van der Waals surface area contributed by atoms with Gasteiger partial charge < -0.3 is 15.0 Å². The van der Waals surface area contributed by atoms with Gasteiger partial charge in [0.25, 0.3) is 0 Å². The fourth-order valence-electron chi connectivity index (χ4n) is 2.56. The normalized spacial score (nSPS) is 15.3. The standard InChI is InChI=1S/C20H32O5/c1-3-4-7-10-18(23)14-13-17(15-21)19(16(2)22)11-8-5-6-9-12-20(24)25/h5,8,13-15,17-19,23H,3-4,6-7,9-12H2,1-2H3,(H,24,25). The lowest BCUT2D eigenvalue weighted by atomic mass is 9.86. The Morgan fingerprint density at radius 2 is 1.80 bits per heavy atom. The summed E-state index contributed by atoms with van der Waals surface area (Å²) in [5.41, 5.74) is 0. The molecule has 0 aromatic heterocycles. The number of rotatable bonds is 15. The number of allylic oxidation sites excluding steroid dienone is 3. The highest BCUT2D eigenvalue weighted by Gasteiger charge is 2.22. The Bertz CT molecular complexity index is 453. The molecule has 0 radical (unpaired) electrons. The van der Waals surface area contributed by atoms with E-state index in [-0.39, 0.29) is 12.2 Å². The van der Waals surface area contributed by atoms with Crippen LogP contribution in [0.5, 0.6) is 0 Å². The van der Waals surface area contributed by atoms with Crippen LogP contribution in [0.4, 0.5) is 0 Å².